The largest absolute Gasteiger partial charge is 0.329 e. The van der Waals surface area contributed by atoms with E-state index >= 15 is 0 Å². The maximum absolute atomic E-state index is 12.3. The molecule has 5 heteroatoms. The molecule has 0 saturated carbocycles. The predicted octanol–water partition coefficient (Wildman–Crippen LogP) is 2.27. The van der Waals surface area contributed by atoms with Crippen LogP contribution in [0.5, 0.6) is 0 Å². The second-order valence-electron chi connectivity index (χ2n) is 4.71. The summed E-state index contributed by atoms with van der Waals surface area (Å²) in [5, 5.41) is 4.79. The summed E-state index contributed by atoms with van der Waals surface area (Å²) in [5.74, 6) is -0.159. The highest BCUT2D eigenvalue weighted by molar-refractivity contribution is 7.10. The van der Waals surface area contributed by atoms with Gasteiger partial charge >= 0.3 is 0 Å². The average Bonchev–Trinajstić information content (AvgIpc) is 2.86. The van der Waals surface area contributed by atoms with E-state index in [1.165, 1.54) is 0 Å². The first kappa shape index (κ1) is 12.9. The first-order valence-corrected chi connectivity index (χ1v) is 7.28. The van der Waals surface area contributed by atoms with Crippen LogP contribution in [0.4, 0.5) is 5.69 Å². The molecule has 1 aromatic carbocycles. The zero-order valence-electron chi connectivity index (χ0n) is 10.8. The molecule has 0 bridgehead atoms. The summed E-state index contributed by atoms with van der Waals surface area (Å²) in [6, 6.07) is 11.5. The molecule has 20 heavy (non-hydrogen) atoms. The molecule has 0 radical (unpaired) electrons. The number of nitrogens with one attached hydrogen (secondary N) is 1. The molecule has 2 amide bonds. The predicted molar refractivity (Wildman–Crippen MR) is 78.5 cm³/mol. The minimum atomic E-state index is -0.144. The van der Waals surface area contributed by atoms with Gasteiger partial charge in [-0.15, -0.1) is 11.3 Å². The van der Waals surface area contributed by atoms with E-state index in [1.807, 2.05) is 41.8 Å². The minimum Gasteiger partial charge on any atom is -0.329 e. The Morgan fingerprint density at radius 1 is 1.20 bits per heavy atom. The van der Waals surface area contributed by atoms with E-state index in [4.69, 9.17) is 0 Å². The molecule has 0 unspecified atom stereocenters. The van der Waals surface area contributed by atoms with Gasteiger partial charge in [0.2, 0.25) is 11.8 Å². The number of nitrogens with zero attached hydrogens (tertiary/aromatic N) is 1. The quantitative estimate of drug-likeness (QED) is 0.920. The molecule has 1 aromatic heterocycles. The van der Waals surface area contributed by atoms with Gasteiger partial charge < -0.3 is 10.2 Å². The van der Waals surface area contributed by atoms with E-state index in [1.54, 1.807) is 16.2 Å². The van der Waals surface area contributed by atoms with E-state index in [0.29, 0.717) is 13.0 Å². The van der Waals surface area contributed by atoms with E-state index < -0.39 is 0 Å². The van der Waals surface area contributed by atoms with Crippen LogP contribution < -0.4 is 5.32 Å². The Labute approximate surface area is 121 Å². The van der Waals surface area contributed by atoms with Gasteiger partial charge in [0.15, 0.2) is 0 Å². The third kappa shape index (κ3) is 2.72. The highest BCUT2D eigenvalue weighted by Gasteiger charge is 2.23. The number of rotatable bonds is 2. The summed E-state index contributed by atoms with van der Waals surface area (Å²) < 4.78 is 0. The smallest absolute Gasteiger partial charge is 0.244 e. The van der Waals surface area contributed by atoms with Gasteiger partial charge in [-0.05, 0) is 23.1 Å². The number of carbonyl (C=O) groups excluding carboxylic acids is 2. The summed E-state index contributed by atoms with van der Waals surface area (Å²) in [4.78, 5) is 26.8. The number of benzene rings is 1. The molecule has 0 atom stereocenters. The van der Waals surface area contributed by atoms with E-state index in [-0.39, 0.29) is 18.4 Å². The lowest BCUT2D eigenvalue weighted by molar-refractivity contribution is -0.134. The van der Waals surface area contributed by atoms with Crippen LogP contribution in [0.3, 0.4) is 0 Å². The van der Waals surface area contributed by atoms with E-state index in [0.717, 1.165) is 16.1 Å². The maximum Gasteiger partial charge on any atom is 0.244 e. The molecular formula is C15H14N2O2S. The summed E-state index contributed by atoms with van der Waals surface area (Å²) in [6.45, 7) is 0.581. The van der Waals surface area contributed by atoms with Crippen LogP contribution in [-0.4, -0.2) is 23.3 Å². The zero-order valence-corrected chi connectivity index (χ0v) is 11.7. The highest BCUT2D eigenvalue weighted by Crippen LogP contribution is 2.21. The molecule has 2 aromatic rings. The lowest BCUT2D eigenvalue weighted by atomic mass is 10.1. The maximum atomic E-state index is 12.3. The fourth-order valence-corrected chi connectivity index (χ4v) is 2.95. The van der Waals surface area contributed by atoms with Crippen molar-refractivity contribution in [3.05, 3.63) is 52.2 Å². The fourth-order valence-electron chi connectivity index (χ4n) is 2.26. The molecule has 0 saturated heterocycles. The third-order valence-corrected chi connectivity index (χ3v) is 4.12. The normalized spacial score (nSPS) is 14.4. The summed E-state index contributed by atoms with van der Waals surface area (Å²) >= 11 is 1.56. The molecule has 0 aliphatic carbocycles. The Morgan fingerprint density at radius 2 is 2.05 bits per heavy atom. The topological polar surface area (TPSA) is 49.4 Å². The monoisotopic (exact) mass is 286 g/mol. The number of hydrogen-bond donors (Lipinski definition) is 1. The second-order valence-corrected chi connectivity index (χ2v) is 5.74. The molecule has 1 aliphatic heterocycles. The summed E-state index contributed by atoms with van der Waals surface area (Å²) in [7, 11) is 0. The third-order valence-electron chi connectivity index (χ3n) is 3.25. The Bertz CT molecular complexity index is 637. The number of para-hydroxylation sites is 1. The number of hydrogen-bond acceptors (Lipinski definition) is 3. The van der Waals surface area contributed by atoms with Crippen molar-refractivity contribution in [3.8, 4) is 0 Å². The lowest BCUT2D eigenvalue weighted by Gasteiger charge is -2.19. The summed E-state index contributed by atoms with van der Waals surface area (Å²) in [6.07, 6.45) is 0.354. The first-order valence-electron chi connectivity index (χ1n) is 6.40. The number of carbonyl (C=O) groups is 2. The molecule has 2 heterocycles. The van der Waals surface area contributed by atoms with Crippen molar-refractivity contribution in [2.45, 2.75) is 13.0 Å². The van der Waals surface area contributed by atoms with Gasteiger partial charge in [0, 0.05) is 17.1 Å². The molecule has 1 N–H and O–H groups in total. The van der Waals surface area contributed by atoms with Crippen molar-refractivity contribution < 1.29 is 9.59 Å². The number of amides is 2. The Morgan fingerprint density at radius 3 is 2.85 bits per heavy atom. The van der Waals surface area contributed by atoms with Gasteiger partial charge in [-0.2, -0.15) is 0 Å². The SMILES string of the molecule is O=C1CN(C(=O)Cc2cccs2)Cc2ccccc2N1. The highest BCUT2D eigenvalue weighted by atomic mass is 32.1. The Balaban J connectivity index is 1.80. The number of anilines is 1. The van der Waals surface area contributed by atoms with Crippen molar-refractivity contribution >= 4 is 28.8 Å². The van der Waals surface area contributed by atoms with Gasteiger partial charge in [-0.3, -0.25) is 9.59 Å². The molecule has 102 valence electrons. The molecule has 0 fully saturated rings. The van der Waals surface area contributed by atoms with E-state index in [2.05, 4.69) is 5.32 Å². The summed E-state index contributed by atoms with van der Waals surface area (Å²) in [5.41, 5.74) is 1.77. The second kappa shape index (κ2) is 5.46. The molecule has 4 nitrogen and oxygen atoms in total. The van der Waals surface area contributed by atoms with Crippen LogP contribution in [0.25, 0.3) is 0 Å². The van der Waals surface area contributed by atoms with Crippen LogP contribution in [-0.2, 0) is 22.6 Å². The van der Waals surface area contributed by atoms with E-state index in [9.17, 15) is 9.59 Å². The molecule has 0 spiro atoms. The number of thiophene rings is 1. The zero-order chi connectivity index (χ0) is 13.9. The van der Waals surface area contributed by atoms with Gasteiger partial charge in [-0.1, -0.05) is 24.3 Å². The lowest BCUT2D eigenvalue weighted by Crippen LogP contribution is -2.36. The van der Waals surface area contributed by atoms with Gasteiger partial charge in [0.1, 0.15) is 6.54 Å². The molecule has 3 rings (SSSR count). The van der Waals surface area contributed by atoms with Crippen LogP contribution in [0.1, 0.15) is 10.4 Å². The first-order chi connectivity index (χ1) is 9.72. The molecular weight excluding hydrogens is 272 g/mol. The fraction of sp³-hybridized carbons (Fsp3) is 0.200. The standard InChI is InChI=1S/C15H14N2O2S/c18-14-10-17(15(19)8-12-5-3-7-20-12)9-11-4-1-2-6-13(11)16-14/h1-7H,8-10H2,(H,16,18). The van der Waals surface area contributed by atoms with Crippen LogP contribution in [0.15, 0.2) is 41.8 Å². The minimum absolute atomic E-state index is 0.0145. The average molecular weight is 286 g/mol. The number of fused-ring (bicyclic) bond motifs is 1. The van der Waals surface area contributed by atoms with Crippen molar-refractivity contribution in [2.24, 2.45) is 0 Å². The van der Waals surface area contributed by atoms with Crippen molar-refractivity contribution in [2.75, 3.05) is 11.9 Å². The van der Waals surface area contributed by atoms with Gasteiger partial charge in [0.05, 0.1) is 6.42 Å². The van der Waals surface area contributed by atoms with Crippen molar-refractivity contribution in [1.29, 1.82) is 0 Å². The van der Waals surface area contributed by atoms with Crippen LogP contribution >= 0.6 is 11.3 Å². The van der Waals surface area contributed by atoms with Crippen LogP contribution in [0.2, 0.25) is 0 Å². The van der Waals surface area contributed by atoms with Crippen molar-refractivity contribution in [3.63, 3.8) is 0 Å². The van der Waals surface area contributed by atoms with Crippen LogP contribution in [0, 0.1) is 0 Å². The molecule has 1 aliphatic rings. The van der Waals surface area contributed by atoms with Crippen molar-refractivity contribution in [1.82, 2.24) is 4.90 Å². The Kier molecular flexibility index (Phi) is 3.52. The Hall–Kier alpha value is -2.14. The van der Waals surface area contributed by atoms with Gasteiger partial charge in [-0.25, -0.2) is 0 Å². The van der Waals surface area contributed by atoms with Gasteiger partial charge in [0.25, 0.3) is 0 Å².